The topological polar surface area (TPSA) is 74.0 Å². The molecule has 148 valence electrons. The SMILES string of the molecule is CCNC(=NCCCN1CCCC(C(N)=O)C1)N1CCc2ccccc2C1. The molecule has 2 aliphatic rings. The molecule has 1 unspecified atom stereocenters. The van der Waals surface area contributed by atoms with Gasteiger partial charge in [-0.05, 0) is 56.8 Å². The van der Waals surface area contributed by atoms with Crippen molar-refractivity contribution < 1.29 is 4.79 Å². The van der Waals surface area contributed by atoms with Crippen LogP contribution in [-0.2, 0) is 17.8 Å². The Morgan fingerprint density at radius 2 is 2.11 bits per heavy atom. The van der Waals surface area contributed by atoms with E-state index in [-0.39, 0.29) is 11.8 Å². The van der Waals surface area contributed by atoms with Crippen LogP contribution < -0.4 is 11.1 Å². The second-order valence-electron chi connectivity index (χ2n) is 7.57. The van der Waals surface area contributed by atoms with E-state index in [4.69, 9.17) is 10.7 Å². The Kier molecular flexibility index (Phi) is 7.10. The standard InChI is InChI=1S/C21H33N5O/c1-2-23-21(26-14-10-17-7-3-4-8-18(17)16-26)24-11-6-13-25-12-5-9-19(15-25)20(22)27/h3-4,7-8,19H,2,5-6,9-16H2,1H3,(H2,22,27)(H,23,24). The number of nitrogens with two attached hydrogens (primary N) is 1. The van der Waals surface area contributed by atoms with Gasteiger partial charge >= 0.3 is 0 Å². The van der Waals surface area contributed by atoms with Crippen molar-refractivity contribution in [1.82, 2.24) is 15.1 Å². The van der Waals surface area contributed by atoms with Crippen LogP contribution >= 0.6 is 0 Å². The number of hydrogen-bond acceptors (Lipinski definition) is 3. The summed E-state index contributed by atoms with van der Waals surface area (Å²) in [6.45, 7) is 8.59. The maximum atomic E-state index is 11.4. The van der Waals surface area contributed by atoms with E-state index in [9.17, 15) is 4.79 Å². The van der Waals surface area contributed by atoms with Crippen LogP contribution in [0.2, 0.25) is 0 Å². The number of nitrogens with one attached hydrogen (secondary N) is 1. The van der Waals surface area contributed by atoms with Crippen LogP contribution in [0.15, 0.2) is 29.3 Å². The van der Waals surface area contributed by atoms with Gasteiger partial charge < -0.3 is 20.9 Å². The molecular formula is C21H33N5O. The van der Waals surface area contributed by atoms with E-state index in [1.54, 1.807) is 0 Å². The quantitative estimate of drug-likeness (QED) is 0.453. The number of piperidine rings is 1. The summed E-state index contributed by atoms with van der Waals surface area (Å²) in [5.74, 6) is 0.881. The molecule has 0 aliphatic carbocycles. The maximum Gasteiger partial charge on any atom is 0.221 e. The Labute approximate surface area is 162 Å². The maximum absolute atomic E-state index is 11.4. The Morgan fingerprint density at radius 3 is 2.89 bits per heavy atom. The number of carbonyl (C=O) groups is 1. The van der Waals surface area contributed by atoms with Gasteiger partial charge in [-0.3, -0.25) is 9.79 Å². The summed E-state index contributed by atoms with van der Waals surface area (Å²) in [7, 11) is 0. The average Bonchev–Trinajstić information content (AvgIpc) is 2.70. The number of amides is 1. The molecule has 1 atom stereocenters. The third-order valence-electron chi connectivity index (χ3n) is 5.57. The molecule has 3 N–H and O–H groups in total. The highest BCUT2D eigenvalue weighted by molar-refractivity contribution is 5.80. The van der Waals surface area contributed by atoms with Gasteiger partial charge in [-0.25, -0.2) is 0 Å². The lowest BCUT2D eigenvalue weighted by Crippen LogP contribution is -2.44. The number of likely N-dealkylation sites (tertiary alicyclic amines) is 1. The van der Waals surface area contributed by atoms with E-state index in [0.717, 1.165) is 77.5 Å². The van der Waals surface area contributed by atoms with Crippen molar-refractivity contribution in [3.63, 3.8) is 0 Å². The highest BCUT2D eigenvalue weighted by atomic mass is 16.1. The number of rotatable bonds is 6. The van der Waals surface area contributed by atoms with Gasteiger partial charge in [-0.1, -0.05) is 24.3 Å². The molecule has 1 saturated heterocycles. The first-order valence-electron chi connectivity index (χ1n) is 10.3. The fourth-order valence-corrected chi connectivity index (χ4v) is 4.07. The third kappa shape index (κ3) is 5.45. The van der Waals surface area contributed by atoms with Gasteiger partial charge in [0.25, 0.3) is 0 Å². The van der Waals surface area contributed by atoms with Crippen molar-refractivity contribution in [3.05, 3.63) is 35.4 Å². The molecule has 0 aromatic heterocycles. The van der Waals surface area contributed by atoms with E-state index in [0.29, 0.717) is 0 Å². The molecule has 2 aliphatic heterocycles. The molecule has 1 amide bonds. The van der Waals surface area contributed by atoms with Crippen molar-refractivity contribution in [2.24, 2.45) is 16.6 Å². The number of hydrogen-bond donors (Lipinski definition) is 2. The van der Waals surface area contributed by atoms with Crippen molar-refractivity contribution >= 4 is 11.9 Å². The van der Waals surface area contributed by atoms with Crippen LogP contribution in [0.25, 0.3) is 0 Å². The van der Waals surface area contributed by atoms with E-state index in [1.165, 1.54) is 11.1 Å². The smallest absolute Gasteiger partial charge is 0.221 e. The number of guanidine groups is 1. The molecule has 1 fully saturated rings. The molecule has 1 aromatic rings. The van der Waals surface area contributed by atoms with Crippen molar-refractivity contribution in [2.45, 2.75) is 39.2 Å². The molecule has 0 saturated carbocycles. The van der Waals surface area contributed by atoms with Gasteiger partial charge in [0, 0.05) is 32.7 Å². The molecule has 6 heteroatoms. The van der Waals surface area contributed by atoms with E-state index in [2.05, 4.69) is 46.3 Å². The molecule has 6 nitrogen and oxygen atoms in total. The zero-order valence-electron chi connectivity index (χ0n) is 16.5. The number of aliphatic imine (C=N–C) groups is 1. The number of benzene rings is 1. The fraction of sp³-hybridized carbons (Fsp3) is 0.619. The zero-order valence-corrected chi connectivity index (χ0v) is 16.5. The largest absolute Gasteiger partial charge is 0.369 e. The molecule has 0 radical (unpaired) electrons. The van der Waals surface area contributed by atoms with Crippen LogP contribution in [-0.4, -0.2) is 60.9 Å². The molecular weight excluding hydrogens is 338 g/mol. The van der Waals surface area contributed by atoms with Crippen molar-refractivity contribution in [3.8, 4) is 0 Å². The Bertz CT molecular complexity index is 660. The Hall–Kier alpha value is -2.08. The average molecular weight is 372 g/mol. The van der Waals surface area contributed by atoms with Gasteiger partial charge in [0.05, 0.1) is 5.92 Å². The van der Waals surface area contributed by atoms with E-state index < -0.39 is 0 Å². The summed E-state index contributed by atoms with van der Waals surface area (Å²) in [4.78, 5) is 21.0. The lowest BCUT2D eigenvalue weighted by Gasteiger charge is -2.32. The Morgan fingerprint density at radius 1 is 1.30 bits per heavy atom. The first-order chi connectivity index (χ1) is 13.2. The fourth-order valence-electron chi connectivity index (χ4n) is 4.07. The van der Waals surface area contributed by atoms with Crippen LogP contribution in [0, 0.1) is 5.92 Å². The van der Waals surface area contributed by atoms with Crippen LogP contribution in [0.3, 0.4) is 0 Å². The molecule has 1 aromatic carbocycles. The summed E-state index contributed by atoms with van der Waals surface area (Å²) in [5.41, 5.74) is 8.33. The zero-order chi connectivity index (χ0) is 19.1. The predicted octanol–water partition coefficient (Wildman–Crippen LogP) is 1.60. The normalized spacial score (nSPS) is 21.0. The van der Waals surface area contributed by atoms with Gasteiger partial charge in [0.15, 0.2) is 5.96 Å². The summed E-state index contributed by atoms with van der Waals surface area (Å²) in [6, 6.07) is 8.69. The lowest BCUT2D eigenvalue weighted by molar-refractivity contribution is -0.123. The van der Waals surface area contributed by atoms with E-state index in [1.807, 2.05) is 0 Å². The van der Waals surface area contributed by atoms with Gasteiger partial charge in [-0.15, -0.1) is 0 Å². The minimum atomic E-state index is -0.155. The highest BCUT2D eigenvalue weighted by Gasteiger charge is 2.23. The van der Waals surface area contributed by atoms with Crippen LogP contribution in [0.5, 0.6) is 0 Å². The highest BCUT2D eigenvalue weighted by Crippen LogP contribution is 2.19. The first kappa shape index (κ1) is 19.7. The van der Waals surface area contributed by atoms with Gasteiger partial charge in [0.1, 0.15) is 0 Å². The summed E-state index contributed by atoms with van der Waals surface area (Å²) >= 11 is 0. The van der Waals surface area contributed by atoms with Gasteiger partial charge in [-0.2, -0.15) is 0 Å². The van der Waals surface area contributed by atoms with Crippen LogP contribution in [0.1, 0.15) is 37.3 Å². The monoisotopic (exact) mass is 371 g/mol. The molecule has 2 heterocycles. The summed E-state index contributed by atoms with van der Waals surface area (Å²) in [6.07, 6.45) is 4.07. The first-order valence-corrected chi connectivity index (χ1v) is 10.3. The summed E-state index contributed by atoms with van der Waals surface area (Å²) in [5, 5.41) is 3.44. The van der Waals surface area contributed by atoms with Crippen LogP contribution in [0.4, 0.5) is 0 Å². The second-order valence-corrected chi connectivity index (χ2v) is 7.57. The summed E-state index contributed by atoms with van der Waals surface area (Å²) < 4.78 is 0. The van der Waals surface area contributed by atoms with Gasteiger partial charge in [0.2, 0.25) is 5.91 Å². The predicted molar refractivity (Wildman–Crippen MR) is 110 cm³/mol. The third-order valence-corrected chi connectivity index (χ3v) is 5.57. The number of carbonyl (C=O) groups excluding carboxylic acids is 1. The number of fused-ring (bicyclic) bond motifs is 1. The minimum absolute atomic E-state index is 0.0213. The molecule has 0 spiro atoms. The Balaban J connectivity index is 1.50. The number of primary amides is 1. The molecule has 0 bridgehead atoms. The van der Waals surface area contributed by atoms with E-state index >= 15 is 0 Å². The van der Waals surface area contributed by atoms with Crippen molar-refractivity contribution in [1.29, 1.82) is 0 Å². The molecule has 3 rings (SSSR count). The molecule has 27 heavy (non-hydrogen) atoms. The number of nitrogens with zero attached hydrogens (tertiary/aromatic N) is 3. The second kappa shape index (κ2) is 9.74. The van der Waals surface area contributed by atoms with Crippen molar-refractivity contribution in [2.75, 3.05) is 39.3 Å². The lowest BCUT2D eigenvalue weighted by atomic mass is 9.97. The minimum Gasteiger partial charge on any atom is -0.369 e.